The molecule has 1 aromatic heterocycles. The highest BCUT2D eigenvalue weighted by molar-refractivity contribution is 5.67. The zero-order valence-corrected chi connectivity index (χ0v) is 11.7. The number of benzene rings is 1. The lowest BCUT2D eigenvalue weighted by Crippen LogP contribution is -2.24. The molecule has 114 valence electrons. The molecule has 0 saturated carbocycles. The van der Waals surface area contributed by atoms with E-state index >= 15 is 0 Å². The molecule has 1 aromatic carbocycles. The van der Waals surface area contributed by atoms with Crippen molar-refractivity contribution in [3.05, 3.63) is 74.3 Å². The van der Waals surface area contributed by atoms with Gasteiger partial charge in [0.05, 0.1) is 0 Å². The van der Waals surface area contributed by atoms with Gasteiger partial charge in [0.1, 0.15) is 6.61 Å². The van der Waals surface area contributed by atoms with Crippen molar-refractivity contribution in [1.29, 1.82) is 0 Å². The third-order valence-corrected chi connectivity index (χ3v) is 2.72. The lowest BCUT2D eigenvalue weighted by Gasteiger charge is -2.05. The van der Waals surface area contributed by atoms with Crippen LogP contribution in [0, 0.1) is 0 Å². The van der Waals surface area contributed by atoms with Crippen molar-refractivity contribution in [2.24, 2.45) is 0 Å². The van der Waals surface area contributed by atoms with Crippen LogP contribution in [-0.2, 0) is 11.3 Å². The molecule has 22 heavy (non-hydrogen) atoms. The van der Waals surface area contributed by atoms with Crippen molar-refractivity contribution in [1.82, 2.24) is 15.5 Å². The Hall–Kier alpha value is -3.09. The average molecular weight is 301 g/mol. The molecular weight excluding hydrogens is 286 g/mol. The Labute approximate surface area is 125 Å². The summed E-state index contributed by atoms with van der Waals surface area (Å²) in [5, 5.41) is 6.88. The van der Waals surface area contributed by atoms with E-state index in [1.165, 1.54) is 12.1 Å². The Morgan fingerprint density at radius 3 is 2.73 bits per heavy atom. The molecule has 0 atom stereocenters. The summed E-state index contributed by atoms with van der Waals surface area (Å²) in [5.41, 5.74) is 0.281. The van der Waals surface area contributed by atoms with Crippen LogP contribution in [0.5, 0.6) is 0 Å². The first-order valence-electron chi connectivity index (χ1n) is 6.58. The van der Waals surface area contributed by atoms with E-state index in [-0.39, 0.29) is 18.7 Å². The highest BCUT2D eigenvalue weighted by atomic mass is 16.5. The van der Waals surface area contributed by atoms with Gasteiger partial charge in [-0.15, -0.1) is 0 Å². The van der Waals surface area contributed by atoms with E-state index in [0.29, 0.717) is 0 Å². The number of rotatable bonds is 5. The van der Waals surface area contributed by atoms with Crippen LogP contribution in [-0.4, -0.2) is 22.8 Å². The molecule has 2 rings (SSSR count). The molecule has 0 saturated heterocycles. The molecular formula is C15H15N3O4. The number of alkyl carbamates (subject to hydrolysis) is 1. The standard InChI is InChI=1S/C15H15N3O4/c19-13-9-12(14(20)18-17-13)7-4-8-16-15(21)22-10-11-5-2-1-3-6-11/h1-7,9H,8,10H2,(H,16,21)(H,17,19)(H,18,20). The van der Waals surface area contributed by atoms with Crippen molar-refractivity contribution in [3.63, 3.8) is 0 Å². The smallest absolute Gasteiger partial charge is 0.407 e. The van der Waals surface area contributed by atoms with Crippen LogP contribution in [0.4, 0.5) is 4.79 Å². The monoisotopic (exact) mass is 301 g/mol. The lowest BCUT2D eigenvalue weighted by atomic mass is 10.2. The molecule has 0 spiro atoms. The van der Waals surface area contributed by atoms with Gasteiger partial charge in [-0.3, -0.25) is 19.8 Å². The predicted octanol–water partition coefficient (Wildman–Crippen LogP) is 1.00. The maximum Gasteiger partial charge on any atom is 0.407 e. The maximum absolute atomic E-state index is 11.5. The van der Waals surface area contributed by atoms with E-state index < -0.39 is 17.2 Å². The van der Waals surface area contributed by atoms with Crippen LogP contribution >= 0.6 is 0 Å². The second kappa shape index (κ2) is 7.63. The molecule has 1 amide bonds. The van der Waals surface area contributed by atoms with E-state index in [0.717, 1.165) is 5.56 Å². The number of ether oxygens (including phenoxy) is 1. The normalized spacial score (nSPS) is 10.5. The van der Waals surface area contributed by atoms with Crippen LogP contribution in [0.15, 0.2) is 52.1 Å². The first kappa shape index (κ1) is 15.3. The summed E-state index contributed by atoms with van der Waals surface area (Å²) in [4.78, 5) is 33.9. The van der Waals surface area contributed by atoms with Gasteiger partial charge in [0.15, 0.2) is 0 Å². The van der Waals surface area contributed by atoms with E-state index in [4.69, 9.17) is 4.74 Å². The fourth-order valence-corrected chi connectivity index (χ4v) is 1.66. The number of H-pyrrole nitrogens is 2. The van der Waals surface area contributed by atoms with Crippen LogP contribution in [0.2, 0.25) is 0 Å². The Balaban J connectivity index is 1.77. The summed E-state index contributed by atoms with van der Waals surface area (Å²) in [6, 6.07) is 10.5. The Morgan fingerprint density at radius 2 is 1.95 bits per heavy atom. The minimum atomic E-state index is -0.562. The fourth-order valence-electron chi connectivity index (χ4n) is 1.66. The van der Waals surface area contributed by atoms with Gasteiger partial charge in [-0.05, 0) is 5.56 Å². The third-order valence-electron chi connectivity index (χ3n) is 2.72. The highest BCUT2D eigenvalue weighted by Crippen LogP contribution is 2.00. The number of aromatic amines is 2. The fraction of sp³-hybridized carbons (Fsp3) is 0.133. The van der Waals surface area contributed by atoms with Crippen molar-refractivity contribution < 1.29 is 9.53 Å². The number of nitrogens with one attached hydrogen (secondary N) is 3. The van der Waals surface area contributed by atoms with Crippen LogP contribution < -0.4 is 16.4 Å². The first-order valence-corrected chi connectivity index (χ1v) is 6.58. The van der Waals surface area contributed by atoms with Gasteiger partial charge in [0.25, 0.3) is 11.1 Å². The zero-order valence-electron chi connectivity index (χ0n) is 11.7. The van der Waals surface area contributed by atoms with Gasteiger partial charge in [-0.25, -0.2) is 4.79 Å². The van der Waals surface area contributed by atoms with Gasteiger partial charge in [-0.1, -0.05) is 42.5 Å². The summed E-state index contributed by atoms with van der Waals surface area (Å²) in [6.07, 6.45) is 2.44. The molecule has 7 nitrogen and oxygen atoms in total. The topological polar surface area (TPSA) is 104 Å². The number of amides is 1. The minimum absolute atomic E-state index is 0.180. The molecule has 3 N–H and O–H groups in total. The summed E-state index contributed by atoms with van der Waals surface area (Å²) in [7, 11) is 0. The van der Waals surface area contributed by atoms with Crippen LogP contribution in [0.1, 0.15) is 11.1 Å². The second-order valence-electron chi connectivity index (χ2n) is 4.39. The van der Waals surface area contributed by atoms with E-state index in [2.05, 4.69) is 15.5 Å². The molecule has 0 aliphatic heterocycles. The summed E-state index contributed by atoms with van der Waals surface area (Å²) >= 11 is 0. The molecule has 2 aromatic rings. The van der Waals surface area contributed by atoms with Gasteiger partial charge in [-0.2, -0.15) is 0 Å². The van der Waals surface area contributed by atoms with Gasteiger partial charge in [0.2, 0.25) is 0 Å². The predicted molar refractivity (Wildman–Crippen MR) is 81.3 cm³/mol. The van der Waals surface area contributed by atoms with E-state index in [1.807, 2.05) is 30.3 Å². The van der Waals surface area contributed by atoms with Crippen molar-refractivity contribution >= 4 is 12.2 Å². The van der Waals surface area contributed by atoms with Crippen molar-refractivity contribution in [3.8, 4) is 0 Å². The molecule has 0 radical (unpaired) electrons. The molecule has 1 heterocycles. The van der Waals surface area contributed by atoms with Crippen LogP contribution in [0.3, 0.4) is 0 Å². The van der Waals surface area contributed by atoms with Gasteiger partial charge < -0.3 is 10.1 Å². The third kappa shape index (κ3) is 4.78. The molecule has 0 fully saturated rings. The quantitative estimate of drug-likeness (QED) is 0.766. The van der Waals surface area contributed by atoms with E-state index in [1.54, 1.807) is 6.08 Å². The summed E-state index contributed by atoms with van der Waals surface area (Å²) < 4.78 is 5.02. The van der Waals surface area contributed by atoms with Crippen LogP contribution in [0.25, 0.3) is 6.08 Å². The molecule has 0 aliphatic carbocycles. The number of hydrogen-bond donors (Lipinski definition) is 3. The molecule has 7 heteroatoms. The van der Waals surface area contributed by atoms with Gasteiger partial charge >= 0.3 is 6.09 Å². The number of carbonyl (C=O) groups excluding carboxylic acids is 1. The molecule has 0 aliphatic rings. The number of carbonyl (C=O) groups is 1. The summed E-state index contributed by atoms with van der Waals surface area (Å²) in [5.74, 6) is 0. The molecule has 0 bridgehead atoms. The second-order valence-corrected chi connectivity index (χ2v) is 4.39. The van der Waals surface area contributed by atoms with Crippen molar-refractivity contribution in [2.45, 2.75) is 6.61 Å². The molecule has 0 unspecified atom stereocenters. The Kier molecular flexibility index (Phi) is 5.31. The largest absolute Gasteiger partial charge is 0.445 e. The number of hydrogen-bond acceptors (Lipinski definition) is 4. The average Bonchev–Trinajstić information content (AvgIpc) is 2.53. The lowest BCUT2D eigenvalue weighted by molar-refractivity contribution is 0.141. The highest BCUT2D eigenvalue weighted by Gasteiger charge is 2.00. The van der Waals surface area contributed by atoms with Crippen molar-refractivity contribution in [2.75, 3.05) is 6.54 Å². The van der Waals surface area contributed by atoms with Gasteiger partial charge in [0, 0.05) is 18.2 Å². The zero-order chi connectivity index (χ0) is 15.8. The first-order chi connectivity index (χ1) is 10.6. The SMILES string of the molecule is O=C(NCC=Cc1cc(=O)[nH][nH]c1=O)OCc1ccccc1. The Morgan fingerprint density at radius 1 is 1.18 bits per heavy atom. The summed E-state index contributed by atoms with van der Waals surface area (Å²) in [6.45, 7) is 0.365. The number of aromatic nitrogens is 2. The Bertz CT molecular complexity index is 762. The maximum atomic E-state index is 11.5. The van der Waals surface area contributed by atoms with E-state index in [9.17, 15) is 14.4 Å². The minimum Gasteiger partial charge on any atom is -0.445 e.